The van der Waals surface area contributed by atoms with Crippen molar-refractivity contribution in [3.05, 3.63) is 29.3 Å². The smallest absolute Gasteiger partial charge is 0.154 e. The molecule has 0 unspecified atom stereocenters. The van der Waals surface area contributed by atoms with E-state index in [0.717, 1.165) is 5.69 Å². The Morgan fingerprint density at radius 1 is 1.19 bits per heavy atom. The summed E-state index contributed by atoms with van der Waals surface area (Å²) in [7, 11) is -3.15. The first-order valence-electron chi connectivity index (χ1n) is 4.84. The zero-order valence-corrected chi connectivity index (χ0v) is 10.3. The fraction of sp³-hybridized carbons (Fsp3) is 0.400. The minimum absolute atomic E-state index is 0.0101. The molecule has 1 aromatic rings. The van der Waals surface area contributed by atoms with Crippen molar-refractivity contribution in [2.75, 3.05) is 30.0 Å². The third kappa shape index (κ3) is 4.83. The van der Waals surface area contributed by atoms with Gasteiger partial charge in [-0.2, -0.15) is 0 Å². The van der Waals surface area contributed by atoms with E-state index in [1.54, 1.807) is 24.3 Å². The Morgan fingerprint density at radius 3 is 2.38 bits per heavy atom. The van der Waals surface area contributed by atoms with Gasteiger partial charge in [-0.05, 0) is 24.3 Å². The zero-order chi connectivity index (χ0) is 12.0. The van der Waals surface area contributed by atoms with Gasteiger partial charge in [0.25, 0.3) is 0 Å². The van der Waals surface area contributed by atoms with Crippen LogP contribution in [0.25, 0.3) is 0 Å². The fourth-order valence-electron chi connectivity index (χ4n) is 1.16. The van der Waals surface area contributed by atoms with Crippen molar-refractivity contribution in [3.8, 4) is 0 Å². The van der Waals surface area contributed by atoms with E-state index in [1.165, 1.54) is 0 Å². The number of halogens is 1. The molecule has 0 saturated heterocycles. The van der Waals surface area contributed by atoms with Gasteiger partial charge in [0.2, 0.25) is 0 Å². The summed E-state index contributed by atoms with van der Waals surface area (Å²) in [4.78, 5) is 0. The molecule has 0 radical (unpaired) electrons. The van der Waals surface area contributed by atoms with Gasteiger partial charge in [-0.3, -0.25) is 0 Å². The number of hydrogen-bond acceptors (Lipinski definition) is 4. The Labute approximate surface area is 100 Å². The number of aliphatic hydroxyl groups is 1. The lowest BCUT2D eigenvalue weighted by atomic mass is 10.3. The summed E-state index contributed by atoms with van der Waals surface area (Å²) < 4.78 is 22.5. The van der Waals surface area contributed by atoms with Crippen LogP contribution in [0.4, 0.5) is 5.69 Å². The average Bonchev–Trinajstić information content (AvgIpc) is 2.20. The predicted octanol–water partition coefficient (Wildman–Crippen LogP) is 1.16. The molecule has 0 aromatic heterocycles. The molecule has 90 valence electrons. The van der Waals surface area contributed by atoms with Gasteiger partial charge in [0, 0.05) is 17.3 Å². The van der Waals surface area contributed by atoms with Gasteiger partial charge >= 0.3 is 0 Å². The average molecular weight is 264 g/mol. The third-order valence-corrected chi connectivity index (χ3v) is 3.87. The summed E-state index contributed by atoms with van der Waals surface area (Å²) in [6, 6.07) is 7.01. The van der Waals surface area contributed by atoms with Crippen molar-refractivity contribution in [1.29, 1.82) is 0 Å². The minimum Gasteiger partial charge on any atom is -0.395 e. The molecule has 4 nitrogen and oxygen atoms in total. The summed E-state index contributed by atoms with van der Waals surface area (Å²) in [5.74, 6) is -0.175. The molecule has 0 aliphatic rings. The maximum atomic E-state index is 11.3. The molecule has 1 aromatic carbocycles. The number of nitrogens with one attached hydrogen (secondary N) is 1. The van der Waals surface area contributed by atoms with Crippen molar-refractivity contribution in [2.45, 2.75) is 0 Å². The third-order valence-electron chi connectivity index (χ3n) is 1.99. The number of sulfone groups is 1. The summed E-state index contributed by atoms with van der Waals surface area (Å²) in [5, 5.41) is 12.1. The molecule has 0 amide bonds. The first kappa shape index (κ1) is 13.3. The van der Waals surface area contributed by atoms with Gasteiger partial charge < -0.3 is 10.4 Å². The summed E-state index contributed by atoms with van der Waals surface area (Å²) in [6.07, 6.45) is 0. The molecule has 2 N–H and O–H groups in total. The van der Waals surface area contributed by atoms with Crippen LogP contribution in [-0.4, -0.2) is 38.2 Å². The largest absolute Gasteiger partial charge is 0.395 e. The summed E-state index contributed by atoms with van der Waals surface area (Å²) >= 11 is 5.71. The van der Waals surface area contributed by atoms with Crippen LogP contribution in [-0.2, 0) is 9.84 Å². The predicted molar refractivity (Wildman–Crippen MR) is 65.7 cm³/mol. The van der Waals surface area contributed by atoms with Crippen LogP contribution in [0.3, 0.4) is 0 Å². The second-order valence-electron chi connectivity index (χ2n) is 3.31. The quantitative estimate of drug-likeness (QED) is 0.808. The van der Waals surface area contributed by atoms with Crippen LogP contribution in [0.1, 0.15) is 0 Å². The van der Waals surface area contributed by atoms with Crippen LogP contribution in [0.5, 0.6) is 0 Å². The number of hydrogen-bond donors (Lipinski definition) is 2. The van der Waals surface area contributed by atoms with Gasteiger partial charge in [-0.15, -0.1) is 0 Å². The first-order chi connectivity index (χ1) is 7.53. The van der Waals surface area contributed by atoms with E-state index in [9.17, 15) is 8.42 Å². The van der Waals surface area contributed by atoms with E-state index in [1.807, 2.05) is 0 Å². The molecule has 6 heteroatoms. The monoisotopic (exact) mass is 263 g/mol. The lowest BCUT2D eigenvalue weighted by Crippen LogP contribution is -2.20. The highest BCUT2D eigenvalue weighted by molar-refractivity contribution is 7.91. The highest BCUT2D eigenvalue weighted by atomic mass is 35.5. The number of anilines is 1. The second-order valence-corrected chi connectivity index (χ2v) is 6.05. The molecule has 0 aliphatic heterocycles. The summed E-state index contributed by atoms with van der Waals surface area (Å²) in [6.45, 7) is -0.00670. The molecule has 1 rings (SSSR count). The Bertz CT molecular complexity index is 416. The number of rotatable bonds is 6. The molecule has 0 bridgehead atoms. The van der Waals surface area contributed by atoms with E-state index >= 15 is 0 Å². The molecule has 0 heterocycles. The maximum Gasteiger partial charge on any atom is 0.154 e. The van der Waals surface area contributed by atoms with E-state index in [2.05, 4.69) is 5.32 Å². The van der Waals surface area contributed by atoms with E-state index in [-0.39, 0.29) is 18.1 Å². The molecule has 0 saturated carbocycles. The Morgan fingerprint density at radius 2 is 1.81 bits per heavy atom. The lowest BCUT2D eigenvalue weighted by Gasteiger charge is -2.06. The van der Waals surface area contributed by atoms with Gasteiger partial charge in [-0.1, -0.05) is 11.6 Å². The van der Waals surface area contributed by atoms with Crippen LogP contribution in [0.15, 0.2) is 24.3 Å². The van der Waals surface area contributed by atoms with Crippen LogP contribution in [0, 0.1) is 0 Å². The molecular formula is C10H14ClNO3S. The van der Waals surface area contributed by atoms with Crippen LogP contribution in [0.2, 0.25) is 5.02 Å². The van der Waals surface area contributed by atoms with Gasteiger partial charge in [0.05, 0.1) is 18.1 Å². The molecular weight excluding hydrogens is 250 g/mol. The zero-order valence-electron chi connectivity index (χ0n) is 8.69. The normalized spacial score (nSPS) is 11.4. The number of benzene rings is 1. The van der Waals surface area contributed by atoms with E-state index in [4.69, 9.17) is 16.7 Å². The van der Waals surface area contributed by atoms with Crippen LogP contribution < -0.4 is 5.32 Å². The second kappa shape index (κ2) is 6.08. The van der Waals surface area contributed by atoms with Crippen molar-refractivity contribution >= 4 is 27.1 Å². The molecule has 16 heavy (non-hydrogen) atoms. The number of aliphatic hydroxyl groups excluding tert-OH is 1. The molecule has 0 spiro atoms. The lowest BCUT2D eigenvalue weighted by molar-refractivity contribution is 0.319. The van der Waals surface area contributed by atoms with Crippen LogP contribution >= 0.6 is 11.6 Å². The first-order valence-corrected chi connectivity index (χ1v) is 7.04. The standard InChI is InChI=1S/C10H14ClNO3S/c11-9-1-3-10(4-2-9)12-5-7-16(14,15)8-6-13/h1-4,12-13H,5-8H2. The van der Waals surface area contributed by atoms with Crippen molar-refractivity contribution in [1.82, 2.24) is 0 Å². The van der Waals surface area contributed by atoms with Crippen molar-refractivity contribution in [3.63, 3.8) is 0 Å². The highest BCUT2D eigenvalue weighted by Gasteiger charge is 2.08. The van der Waals surface area contributed by atoms with E-state index < -0.39 is 9.84 Å². The Hall–Kier alpha value is -0.780. The van der Waals surface area contributed by atoms with Gasteiger partial charge in [0.15, 0.2) is 9.84 Å². The maximum absolute atomic E-state index is 11.3. The Kier molecular flexibility index (Phi) is 5.05. The minimum atomic E-state index is -3.15. The van der Waals surface area contributed by atoms with Gasteiger partial charge in [0.1, 0.15) is 0 Å². The summed E-state index contributed by atoms with van der Waals surface area (Å²) in [5.41, 5.74) is 0.823. The molecule has 0 fully saturated rings. The SMILES string of the molecule is O=S(=O)(CCO)CCNc1ccc(Cl)cc1. The van der Waals surface area contributed by atoms with Gasteiger partial charge in [-0.25, -0.2) is 8.42 Å². The van der Waals surface area contributed by atoms with E-state index in [0.29, 0.717) is 11.6 Å². The Balaban J connectivity index is 2.39. The van der Waals surface area contributed by atoms with Crippen molar-refractivity contribution in [2.24, 2.45) is 0 Å². The topological polar surface area (TPSA) is 66.4 Å². The highest BCUT2D eigenvalue weighted by Crippen LogP contribution is 2.12. The molecule has 0 atom stereocenters. The molecule has 0 aliphatic carbocycles. The van der Waals surface area contributed by atoms with Crippen molar-refractivity contribution < 1.29 is 13.5 Å². The fourth-order valence-corrected chi connectivity index (χ4v) is 2.18.